The van der Waals surface area contributed by atoms with Crippen molar-refractivity contribution in [2.75, 3.05) is 44.3 Å². The molecule has 2 fully saturated rings. The second-order valence-corrected chi connectivity index (χ2v) is 5.21. The van der Waals surface area contributed by atoms with E-state index in [-0.39, 0.29) is 11.8 Å². The summed E-state index contributed by atoms with van der Waals surface area (Å²) in [6, 6.07) is 0. The first kappa shape index (κ1) is 12.5. The van der Waals surface area contributed by atoms with Crippen LogP contribution in [-0.2, 0) is 16.6 Å². The van der Waals surface area contributed by atoms with Gasteiger partial charge in [-0.15, -0.1) is 0 Å². The summed E-state index contributed by atoms with van der Waals surface area (Å²) in [7, 11) is 2.00. The van der Waals surface area contributed by atoms with E-state index in [9.17, 15) is 4.79 Å². The maximum atomic E-state index is 12.3. The van der Waals surface area contributed by atoms with Crippen molar-refractivity contribution < 1.29 is 9.53 Å². The topological polar surface area (TPSA) is 50.6 Å². The Morgan fingerprint density at radius 3 is 2.74 bits per heavy atom. The second kappa shape index (κ2) is 5.21. The van der Waals surface area contributed by atoms with Crippen LogP contribution >= 0.6 is 0 Å². The van der Waals surface area contributed by atoms with Gasteiger partial charge in [0, 0.05) is 52.2 Å². The second-order valence-electron chi connectivity index (χ2n) is 5.21. The quantitative estimate of drug-likeness (QED) is 0.760. The number of piperazine rings is 1. The van der Waals surface area contributed by atoms with Crippen LogP contribution in [0.25, 0.3) is 0 Å². The van der Waals surface area contributed by atoms with Crippen LogP contribution in [0.4, 0.5) is 5.95 Å². The minimum absolute atomic E-state index is 0.0831. The summed E-state index contributed by atoms with van der Waals surface area (Å²) in [6.45, 7) is 4.58. The number of carbonyl (C=O) groups is 1. The lowest BCUT2D eigenvalue weighted by atomic mass is 10.1. The number of anilines is 1. The molecule has 0 radical (unpaired) electrons. The number of hydrogen-bond donors (Lipinski definition) is 0. The van der Waals surface area contributed by atoms with Crippen LogP contribution in [0.5, 0.6) is 0 Å². The molecule has 19 heavy (non-hydrogen) atoms. The molecular weight excluding hydrogens is 244 g/mol. The van der Waals surface area contributed by atoms with E-state index in [0.717, 1.165) is 45.2 Å². The fourth-order valence-electron chi connectivity index (χ4n) is 2.78. The zero-order valence-corrected chi connectivity index (χ0v) is 11.3. The summed E-state index contributed by atoms with van der Waals surface area (Å²) >= 11 is 0. The maximum absolute atomic E-state index is 12.3. The van der Waals surface area contributed by atoms with Crippen molar-refractivity contribution in [3.8, 4) is 0 Å². The molecule has 2 aliphatic heterocycles. The van der Waals surface area contributed by atoms with Gasteiger partial charge in [0.05, 0.1) is 12.5 Å². The predicted octanol–water partition coefficient (Wildman–Crippen LogP) is 0.105. The Labute approximate surface area is 113 Å². The van der Waals surface area contributed by atoms with Crippen LogP contribution < -0.4 is 4.90 Å². The average molecular weight is 264 g/mol. The normalized spacial score (nSPS) is 23.9. The van der Waals surface area contributed by atoms with Gasteiger partial charge in [0.15, 0.2) is 0 Å². The molecule has 6 nitrogen and oxygen atoms in total. The third-order valence-corrected chi connectivity index (χ3v) is 3.95. The van der Waals surface area contributed by atoms with Gasteiger partial charge in [-0.1, -0.05) is 0 Å². The predicted molar refractivity (Wildman–Crippen MR) is 70.9 cm³/mol. The minimum atomic E-state index is 0.0831. The minimum Gasteiger partial charge on any atom is -0.381 e. The lowest BCUT2D eigenvalue weighted by Gasteiger charge is -2.36. The van der Waals surface area contributed by atoms with E-state index in [2.05, 4.69) is 9.88 Å². The van der Waals surface area contributed by atoms with Crippen LogP contribution in [-0.4, -0.2) is 59.8 Å². The number of nitrogens with zero attached hydrogens (tertiary/aromatic N) is 4. The molecule has 0 aliphatic carbocycles. The molecule has 0 bridgehead atoms. The van der Waals surface area contributed by atoms with Gasteiger partial charge in [-0.25, -0.2) is 4.98 Å². The molecule has 0 aromatic carbocycles. The van der Waals surface area contributed by atoms with Gasteiger partial charge in [-0.3, -0.25) is 4.79 Å². The molecule has 1 unspecified atom stereocenters. The molecule has 6 heteroatoms. The highest BCUT2D eigenvalue weighted by molar-refractivity contribution is 5.79. The Bertz CT molecular complexity index is 445. The van der Waals surface area contributed by atoms with Crippen molar-refractivity contribution in [2.45, 2.75) is 6.42 Å². The molecule has 1 amide bonds. The molecule has 2 saturated heterocycles. The molecule has 104 valence electrons. The molecule has 1 aromatic heterocycles. The molecule has 0 spiro atoms. The zero-order chi connectivity index (χ0) is 13.2. The Hall–Kier alpha value is -1.56. The van der Waals surface area contributed by atoms with Crippen LogP contribution in [0, 0.1) is 5.92 Å². The summed E-state index contributed by atoms with van der Waals surface area (Å²) < 4.78 is 7.31. The third-order valence-electron chi connectivity index (χ3n) is 3.95. The molecule has 3 rings (SSSR count). The lowest BCUT2D eigenvalue weighted by Crippen LogP contribution is -2.51. The molecule has 1 atom stereocenters. The van der Waals surface area contributed by atoms with Crippen molar-refractivity contribution >= 4 is 11.9 Å². The monoisotopic (exact) mass is 264 g/mol. The number of carbonyl (C=O) groups excluding carboxylic acids is 1. The SMILES string of the molecule is Cn1ccnc1N1CCN(C(=O)C2CCOC2)CC1. The number of imidazole rings is 1. The molecule has 0 saturated carbocycles. The van der Waals surface area contributed by atoms with Gasteiger partial charge in [0.25, 0.3) is 0 Å². The number of amides is 1. The van der Waals surface area contributed by atoms with Gasteiger partial charge >= 0.3 is 0 Å². The van der Waals surface area contributed by atoms with Crippen LogP contribution in [0.15, 0.2) is 12.4 Å². The third kappa shape index (κ3) is 2.45. The largest absolute Gasteiger partial charge is 0.381 e. The highest BCUT2D eigenvalue weighted by atomic mass is 16.5. The number of rotatable bonds is 2. The highest BCUT2D eigenvalue weighted by Gasteiger charge is 2.30. The smallest absolute Gasteiger partial charge is 0.228 e. The van der Waals surface area contributed by atoms with E-state index in [1.54, 1.807) is 0 Å². The summed E-state index contributed by atoms with van der Waals surface area (Å²) in [5.41, 5.74) is 0. The van der Waals surface area contributed by atoms with Crippen LogP contribution in [0.3, 0.4) is 0 Å². The van der Waals surface area contributed by atoms with E-state index >= 15 is 0 Å². The van der Waals surface area contributed by atoms with Crippen LogP contribution in [0.1, 0.15) is 6.42 Å². The Kier molecular flexibility index (Phi) is 3.42. The molecular formula is C13H20N4O2. The standard InChI is InChI=1S/C13H20N4O2/c1-15-4-3-14-13(15)17-7-5-16(6-8-17)12(18)11-2-9-19-10-11/h3-4,11H,2,5-10H2,1H3. The summed E-state index contributed by atoms with van der Waals surface area (Å²) in [4.78, 5) is 20.8. The van der Waals surface area contributed by atoms with Crippen molar-refractivity contribution in [2.24, 2.45) is 13.0 Å². The highest BCUT2D eigenvalue weighted by Crippen LogP contribution is 2.18. The van der Waals surface area contributed by atoms with Gasteiger partial charge in [-0.05, 0) is 6.42 Å². The molecule has 1 aromatic rings. The fourth-order valence-corrected chi connectivity index (χ4v) is 2.78. The van der Waals surface area contributed by atoms with E-state index in [4.69, 9.17) is 4.74 Å². The van der Waals surface area contributed by atoms with E-state index in [1.807, 2.05) is 28.9 Å². The lowest BCUT2D eigenvalue weighted by molar-refractivity contribution is -0.135. The van der Waals surface area contributed by atoms with Crippen molar-refractivity contribution in [3.05, 3.63) is 12.4 Å². The van der Waals surface area contributed by atoms with E-state index < -0.39 is 0 Å². The van der Waals surface area contributed by atoms with Gasteiger partial charge < -0.3 is 19.1 Å². The van der Waals surface area contributed by atoms with Crippen molar-refractivity contribution in [1.29, 1.82) is 0 Å². The first-order valence-electron chi connectivity index (χ1n) is 6.84. The van der Waals surface area contributed by atoms with Gasteiger partial charge in [0.1, 0.15) is 0 Å². The number of aromatic nitrogens is 2. The van der Waals surface area contributed by atoms with Crippen molar-refractivity contribution in [1.82, 2.24) is 14.5 Å². The molecule has 0 N–H and O–H groups in total. The van der Waals surface area contributed by atoms with Gasteiger partial charge in [0.2, 0.25) is 11.9 Å². The first-order valence-corrected chi connectivity index (χ1v) is 6.84. The first-order chi connectivity index (χ1) is 9.25. The van der Waals surface area contributed by atoms with E-state index in [1.165, 1.54) is 0 Å². The Balaban J connectivity index is 1.57. The number of hydrogen-bond acceptors (Lipinski definition) is 4. The maximum Gasteiger partial charge on any atom is 0.228 e. The number of aryl methyl sites for hydroxylation is 1. The summed E-state index contributed by atoms with van der Waals surface area (Å²) in [5, 5.41) is 0. The molecule has 2 aliphatic rings. The van der Waals surface area contributed by atoms with E-state index in [0.29, 0.717) is 6.61 Å². The summed E-state index contributed by atoms with van der Waals surface area (Å²) in [5.74, 6) is 1.33. The van der Waals surface area contributed by atoms with Crippen molar-refractivity contribution in [3.63, 3.8) is 0 Å². The number of ether oxygens (including phenoxy) is 1. The Morgan fingerprint density at radius 1 is 1.37 bits per heavy atom. The average Bonchev–Trinajstić information content (AvgIpc) is 3.09. The zero-order valence-electron chi connectivity index (χ0n) is 11.3. The summed E-state index contributed by atoms with van der Waals surface area (Å²) in [6.07, 6.45) is 4.63. The Morgan fingerprint density at radius 2 is 2.16 bits per heavy atom. The van der Waals surface area contributed by atoms with Crippen LogP contribution in [0.2, 0.25) is 0 Å². The van der Waals surface area contributed by atoms with Gasteiger partial charge in [-0.2, -0.15) is 0 Å². The molecule has 3 heterocycles. The fraction of sp³-hybridized carbons (Fsp3) is 0.692.